The standard InChI is InChI=1S/C10H22ClNO3Si/c1-9-4-3-5-10(15-12-2)16(7-6-9)14-8-13-11/h9-10,12,16H,3-8H2,1-2H3. The summed E-state index contributed by atoms with van der Waals surface area (Å²) in [5.74, 6) is 0.797. The number of hydrogen-bond donors (Lipinski definition) is 1. The molecule has 16 heavy (non-hydrogen) atoms. The molecule has 1 aliphatic rings. The van der Waals surface area contributed by atoms with E-state index >= 15 is 0 Å². The van der Waals surface area contributed by atoms with Crippen LogP contribution in [0.25, 0.3) is 0 Å². The third kappa shape index (κ3) is 5.12. The topological polar surface area (TPSA) is 39.7 Å². The van der Waals surface area contributed by atoms with Crippen molar-refractivity contribution in [2.45, 2.75) is 44.4 Å². The second kappa shape index (κ2) is 8.44. The van der Waals surface area contributed by atoms with Crippen molar-refractivity contribution in [1.82, 2.24) is 5.48 Å². The van der Waals surface area contributed by atoms with Gasteiger partial charge in [0.1, 0.15) is 0 Å². The van der Waals surface area contributed by atoms with E-state index < -0.39 is 9.04 Å². The zero-order valence-corrected chi connectivity index (χ0v) is 12.0. The Morgan fingerprint density at radius 3 is 2.88 bits per heavy atom. The first-order chi connectivity index (χ1) is 7.77. The van der Waals surface area contributed by atoms with Gasteiger partial charge in [-0.05, 0) is 18.4 Å². The Labute approximate surface area is 104 Å². The van der Waals surface area contributed by atoms with Crippen molar-refractivity contribution in [2.75, 3.05) is 13.8 Å². The average molecular weight is 268 g/mol. The van der Waals surface area contributed by atoms with Gasteiger partial charge in [0.05, 0.1) is 17.6 Å². The van der Waals surface area contributed by atoms with E-state index in [1.165, 1.54) is 19.3 Å². The molecular weight excluding hydrogens is 246 g/mol. The Morgan fingerprint density at radius 1 is 1.38 bits per heavy atom. The minimum Gasteiger partial charge on any atom is -0.394 e. The maximum absolute atomic E-state index is 5.70. The van der Waals surface area contributed by atoms with Crippen LogP contribution in [0, 0.1) is 5.92 Å². The van der Waals surface area contributed by atoms with Gasteiger partial charge in [0.15, 0.2) is 6.79 Å². The summed E-state index contributed by atoms with van der Waals surface area (Å²) in [6, 6.07) is 1.13. The number of hydroxylamine groups is 1. The van der Waals surface area contributed by atoms with Gasteiger partial charge in [0, 0.05) is 7.05 Å². The summed E-state index contributed by atoms with van der Waals surface area (Å²) in [5.41, 5.74) is 3.01. The molecule has 3 unspecified atom stereocenters. The van der Waals surface area contributed by atoms with Crippen LogP contribution >= 0.6 is 11.9 Å². The van der Waals surface area contributed by atoms with Gasteiger partial charge in [-0.25, -0.2) is 5.48 Å². The van der Waals surface area contributed by atoms with Gasteiger partial charge >= 0.3 is 0 Å². The van der Waals surface area contributed by atoms with Crippen LogP contribution in [-0.4, -0.2) is 28.6 Å². The number of rotatable bonds is 5. The van der Waals surface area contributed by atoms with Crippen molar-refractivity contribution in [2.24, 2.45) is 5.92 Å². The highest BCUT2D eigenvalue weighted by molar-refractivity contribution is 6.53. The summed E-state index contributed by atoms with van der Waals surface area (Å²) in [7, 11) is 0.413. The molecule has 1 N–H and O–H groups in total. The third-order valence-electron chi connectivity index (χ3n) is 3.14. The van der Waals surface area contributed by atoms with Gasteiger partial charge in [-0.1, -0.05) is 26.2 Å². The highest BCUT2D eigenvalue weighted by atomic mass is 35.5. The largest absolute Gasteiger partial charge is 0.394 e. The quantitative estimate of drug-likeness (QED) is 0.471. The monoisotopic (exact) mass is 267 g/mol. The second-order valence-electron chi connectivity index (χ2n) is 4.41. The van der Waals surface area contributed by atoms with Crippen LogP contribution in [-0.2, 0) is 13.6 Å². The van der Waals surface area contributed by atoms with Crippen LogP contribution in [0.2, 0.25) is 6.04 Å². The first kappa shape index (κ1) is 14.4. The Balaban J connectivity index is 2.46. The van der Waals surface area contributed by atoms with E-state index in [0.717, 1.165) is 18.4 Å². The molecule has 6 heteroatoms. The fourth-order valence-electron chi connectivity index (χ4n) is 2.22. The molecule has 1 aliphatic heterocycles. The van der Waals surface area contributed by atoms with Crippen molar-refractivity contribution in [3.63, 3.8) is 0 Å². The number of nitrogens with one attached hydrogen (secondary N) is 1. The molecule has 0 bridgehead atoms. The molecule has 4 nitrogen and oxygen atoms in total. The fourth-order valence-corrected chi connectivity index (χ4v) is 5.15. The van der Waals surface area contributed by atoms with Gasteiger partial charge < -0.3 is 4.43 Å². The molecule has 0 aliphatic carbocycles. The molecule has 0 aromatic rings. The normalized spacial score (nSPS) is 32.1. The van der Waals surface area contributed by atoms with Gasteiger partial charge in [-0.3, -0.25) is 9.13 Å². The van der Waals surface area contributed by atoms with Crippen LogP contribution in [0.4, 0.5) is 0 Å². The van der Waals surface area contributed by atoms with Crippen LogP contribution in [0.1, 0.15) is 32.6 Å². The molecule has 1 rings (SSSR count). The first-order valence-corrected chi connectivity index (χ1v) is 8.21. The predicted octanol–water partition coefficient (Wildman–Crippen LogP) is 2.12. The lowest BCUT2D eigenvalue weighted by molar-refractivity contribution is 0.00506. The second-order valence-corrected chi connectivity index (χ2v) is 7.36. The van der Waals surface area contributed by atoms with Crippen molar-refractivity contribution in [3.05, 3.63) is 0 Å². The summed E-state index contributed by atoms with van der Waals surface area (Å²) in [4.78, 5) is 5.55. The van der Waals surface area contributed by atoms with Crippen molar-refractivity contribution < 1.29 is 13.6 Å². The van der Waals surface area contributed by atoms with Crippen molar-refractivity contribution in [1.29, 1.82) is 0 Å². The third-order valence-corrected chi connectivity index (χ3v) is 5.99. The maximum atomic E-state index is 5.70. The first-order valence-electron chi connectivity index (χ1n) is 5.95. The predicted molar refractivity (Wildman–Crippen MR) is 66.4 cm³/mol. The lowest BCUT2D eigenvalue weighted by Crippen LogP contribution is -2.40. The Bertz CT molecular complexity index is 187. The molecule has 0 saturated carbocycles. The molecule has 1 fully saturated rings. The van der Waals surface area contributed by atoms with Crippen LogP contribution in [0.15, 0.2) is 0 Å². The number of halogens is 1. The zero-order valence-electron chi connectivity index (χ0n) is 10.1. The van der Waals surface area contributed by atoms with E-state index in [4.69, 9.17) is 21.1 Å². The maximum Gasteiger partial charge on any atom is 0.211 e. The Hall–Kier alpha value is 0.347. The fraction of sp³-hybridized carbons (Fsp3) is 1.00. The van der Waals surface area contributed by atoms with E-state index in [2.05, 4.69) is 16.7 Å². The molecule has 0 amide bonds. The van der Waals surface area contributed by atoms with Gasteiger partial charge in [-0.2, -0.15) is 0 Å². The Morgan fingerprint density at radius 2 is 2.19 bits per heavy atom. The zero-order chi connectivity index (χ0) is 11.8. The van der Waals surface area contributed by atoms with Gasteiger partial charge in [0.2, 0.25) is 9.04 Å². The minimum absolute atomic E-state index is 0.177. The van der Waals surface area contributed by atoms with Crippen LogP contribution < -0.4 is 5.48 Å². The van der Waals surface area contributed by atoms with Gasteiger partial charge in [-0.15, -0.1) is 0 Å². The van der Waals surface area contributed by atoms with Gasteiger partial charge in [0.25, 0.3) is 0 Å². The molecule has 0 aromatic heterocycles. The SMILES string of the molecule is CNOC1CCCC(C)CC[SiH]1OCOCl. The lowest BCUT2D eigenvalue weighted by Gasteiger charge is -2.28. The van der Waals surface area contributed by atoms with Crippen LogP contribution in [0.3, 0.4) is 0 Å². The Kier molecular flexibility index (Phi) is 7.60. The molecular formula is C10H22ClNO3Si. The highest BCUT2D eigenvalue weighted by Crippen LogP contribution is 2.24. The lowest BCUT2D eigenvalue weighted by atomic mass is 10.0. The highest BCUT2D eigenvalue weighted by Gasteiger charge is 2.28. The molecule has 3 atom stereocenters. The van der Waals surface area contributed by atoms with E-state index in [1.807, 2.05) is 0 Å². The van der Waals surface area contributed by atoms with Crippen molar-refractivity contribution in [3.8, 4) is 0 Å². The summed E-state index contributed by atoms with van der Waals surface area (Å²) < 4.78 is 10.2. The smallest absolute Gasteiger partial charge is 0.211 e. The van der Waals surface area contributed by atoms with E-state index in [1.54, 1.807) is 7.05 Å². The van der Waals surface area contributed by atoms with E-state index in [0.29, 0.717) is 0 Å². The minimum atomic E-state index is -1.38. The average Bonchev–Trinajstić information content (AvgIpc) is 2.26. The number of hydrogen-bond acceptors (Lipinski definition) is 4. The molecule has 1 heterocycles. The molecule has 96 valence electrons. The molecule has 0 aromatic carbocycles. The van der Waals surface area contributed by atoms with Crippen molar-refractivity contribution >= 4 is 20.9 Å². The summed E-state index contributed by atoms with van der Waals surface area (Å²) in [5, 5.41) is 0. The van der Waals surface area contributed by atoms with Crippen LogP contribution in [0.5, 0.6) is 0 Å². The summed E-state index contributed by atoms with van der Waals surface area (Å²) in [6.45, 7) is 2.49. The summed E-state index contributed by atoms with van der Waals surface area (Å²) >= 11 is 5.19. The van der Waals surface area contributed by atoms with E-state index in [9.17, 15) is 0 Å². The molecule has 0 radical (unpaired) electrons. The molecule has 1 saturated heterocycles. The van der Waals surface area contributed by atoms with E-state index in [-0.39, 0.29) is 12.5 Å². The molecule has 0 spiro atoms. The summed E-state index contributed by atoms with van der Waals surface area (Å²) in [6.07, 6.45) is 4.80.